The third kappa shape index (κ3) is 4.61. The maximum atomic E-state index is 12.4. The number of benzene rings is 1. The van der Waals surface area contributed by atoms with Gasteiger partial charge < -0.3 is 10.3 Å². The summed E-state index contributed by atoms with van der Waals surface area (Å²) in [6.45, 7) is 5.63. The monoisotopic (exact) mass is 406 g/mol. The highest BCUT2D eigenvalue weighted by Gasteiger charge is 2.14. The molecular weight excluding hydrogens is 384 g/mol. The molecule has 3 aromatic rings. The summed E-state index contributed by atoms with van der Waals surface area (Å²) in [5.41, 5.74) is 4.97. The maximum Gasteiger partial charge on any atom is 0.266 e. The lowest BCUT2D eigenvalue weighted by molar-refractivity contribution is -0.116. The zero-order valence-electron chi connectivity index (χ0n) is 16.6. The summed E-state index contributed by atoms with van der Waals surface area (Å²) in [5.74, 6) is -0.157. The molecule has 3 rings (SSSR count). The number of hydrogen-bond acceptors (Lipinski definition) is 5. The molecule has 148 valence electrons. The van der Waals surface area contributed by atoms with E-state index in [2.05, 4.69) is 34.3 Å². The number of aryl methyl sites for hydroxylation is 2. The highest BCUT2D eigenvalue weighted by atomic mass is 32.1. The first-order valence-corrected chi connectivity index (χ1v) is 10.3. The zero-order valence-corrected chi connectivity index (χ0v) is 17.4. The first-order chi connectivity index (χ1) is 13.9. The second-order valence-electron chi connectivity index (χ2n) is 6.81. The Bertz CT molecular complexity index is 1140. The molecule has 0 unspecified atom stereocenters. The second kappa shape index (κ2) is 8.84. The van der Waals surface area contributed by atoms with Crippen LogP contribution in [0.2, 0.25) is 0 Å². The number of carbonyl (C=O) groups excluding carboxylic acids is 1. The van der Waals surface area contributed by atoms with E-state index in [0.717, 1.165) is 23.2 Å². The van der Waals surface area contributed by atoms with Gasteiger partial charge in [-0.25, -0.2) is 4.98 Å². The van der Waals surface area contributed by atoms with Crippen LogP contribution < -0.4 is 10.9 Å². The Labute approximate surface area is 173 Å². The molecule has 1 amide bonds. The molecule has 0 bridgehead atoms. The number of nitrogens with one attached hydrogen (secondary N) is 2. The van der Waals surface area contributed by atoms with Gasteiger partial charge >= 0.3 is 0 Å². The number of aromatic nitrogens is 2. The van der Waals surface area contributed by atoms with Gasteiger partial charge in [-0.2, -0.15) is 5.26 Å². The first kappa shape index (κ1) is 20.5. The largest absolute Gasteiger partial charge is 0.325 e. The van der Waals surface area contributed by atoms with E-state index in [1.807, 2.05) is 23.6 Å². The van der Waals surface area contributed by atoms with Crippen LogP contribution >= 0.6 is 11.3 Å². The van der Waals surface area contributed by atoms with Crippen molar-refractivity contribution >= 4 is 22.4 Å². The van der Waals surface area contributed by atoms with E-state index in [4.69, 9.17) is 5.26 Å². The lowest BCUT2D eigenvalue weighted by Gasteiger charge is -2.10. The molecule has 0 atom stereocenters. The fourth-order valence-electron chi connectivity index (χ4n) is 3.22. The standard InChI is InChI=1S/C22H22N4O2S/c1-4-15-5-7-16(8-6-15)19-12-29-22(25-19)26-20(27)10-9-17-13(2)18(11-23)21(28)24-14(17)3/h5-8,12H,4,9-10H2,1-3H3,(H,24,28)(H,25,26,27). The van der Waals surface area contributed by atoms with Crippen LogP contribution in [-0.2, 0) is 17.6 Å². The van der Waals surface area contributed by atoms with Crippen molar-refractivity contribution < 1.29 is 4.79 Å². The minimum absolute atomic E-state index is 0.102. The van der Waals surface area contributed by atoms with Crippen LogP contribution in [0.15, 0.2) is 34.4 Å². The second-order valence-corrected chi connectivity index (χ2v) is 7.66. The maximum absolute atomic E-state index is 12.4. The third-order valence-corrected chi connectivity index (χ3v) is 5.69. The Morgan fingerprint density at radius 2 is 2.00 bits per heavy atom. The van der Waals surface area contributed by atoms with E-state index in [1.165, 1.54) is 16.9 Å². The molecular formula is C22H22N4O2S. The average molecular weight is 407 g/mol. The van der Waals surface area contributed by atoms with E-state index in [-0.39, 0.29) is 17.9 Å². The molecule has 2 aromatic heterocycles. The van der Waals surface area contributed by atoms with Crippen LogP contribution in [0.3, 0.4) is 0 Å². The summed E-state index contributed by atoms with van der Waals surface area (Å²) < 4.78 is 0. The fourth-order valence-corrected chi connectivity index (χ4v) is 3.95. The summed E-state index contributed by atoms with van der Waals surface area (Å²) in [7, 11) is 0. The van der Waals surface area contributed by atoms with Gasteiger partial charge in [0.2, 0.25) is 5.91 Å². The minimum Gasteiger partial charge on any atom is -0.325 e. The van der Waals surface area contributed by atoms with Crippen molar-refractivity contribution in [3.8, 4) is 17.3 Å². The Morgan fingerprint density at radius 3 is 2.66 bits per heavy atom. The quantitative estimate of drug-likeness (QED) is 0.643. The number of hydrogen-bond donors (Lipinski definition) is 2. The highest BCUT2D eigenvalue weighted by molar-refractivity contribution is 7.14. The molecule has 29 heavy (non-hydrogen) atoms. The molecule has 0 saturated heterocycles. The van der Waals surface area contributed by atoms with E-state index in [1.54, 1.807) is 13.8 Å². The first-order valence-electron chi connectivity index (χ1n) is 9.40. The summed E-state index contributed by atoms with van der Waals surface area (Å²) >= 11 is 1.39. The van der Waals surface area contributed by atoms with Gasteiger partial charge in [0.1, 0.15) is 11.6 Å². The predicted octanol–water partition coefficient (Wildman–Crippen LogP) is 4.12. The minimum atomic E-state index is -0.391. The fraction of sp³-hybridized carbons (Fsp3) is 0.273. The molecule has 0 aliphatic carbocycles. The lowest BCUT2D eigenvalue weighted by atomic mass is 9.99. The molecule has 0 aliphatic rings. The molecule has 0 spiro atoms. The van der Waals surface area contributed by atoms with Crippen LogP contribution in [0.4, 0.5) is 5.13 Å². The molecule has 6 nitrogen and oxygen atoms in total. The normalized spacial score (nSPS) is 10.6. The number of carbonyl (C=O) groups is 1. The molecule has 2 heterocycles. The van der Waals surface area contributed by atoms with Gasteiger partial charge in [0.25, 0.3) is 5.56 Å². The summed E-state index contributed by atoms with van der Waals surface area (Å²) in [6.07, 6.45) is 1.66. The number of thiazole rings is 1. The van der Waals surface area contributed by atoms with Gasteiger partial charge in [-0.3, -0.25) is 9.59 Å². The number of amides is 1. The number of anilines is 1. The van der Waals surface area contributed by atoms with Crippen molar-refractivity contribution in [2.24, 2.45) is 0 Å². The van der Waals surface area contributed by atoms with Crippen molar-refractivity contribution in [1.82, 2.24) is 9.97 Å². The van der Waals surface area contributed by atoms with Crippen molar-refractivity contribution in [3.05, 3.63) is 67.9 Å². The van der Waals surface area contributed by atoms with E-state index in [0.29, 0.717) is 22.8 Å². The van der Waals surface area contributed by atoms with Crippen molar-refractivity contribution in [3.63, 3.8) is 0 Å². The highest BCUT2D eigenvalue weighted by Crippen LogP contribution is 2.25. The summed E-state index contributed by atoms with van der Waals surface area (Å²) in [6, 6.07) is 10.2. The van der Waals surface area contributed by atoms with Crippen molar-refractivity contribution in [2.45, 2.75) is 40.0 Å². The average Bonchev–Trinajstić information content (AvgIpc) is 3.16. The Morgan fingerprint density at radius 1 is 1.28 bits per heavy atom. The van der Waals surface area contributed by atoms with Gasteiger partial charge in [-0.05, 0) is 43.4 Å². The lowest BCUT2D eigenvalue weighted by Crippen LogP contribution is -2.18. The molecule has 0 radical (unpaired) electrons. The Balaban J connectivity index is 1.66. The van der Waals surface area contributed by atoms with Crippen LogP contribution in [0.1, 0.15) is 41.3 Å². The Hall–Kier alpha value is -3.24. The Kier molecular flexibility index (Phi) is 6.25. The molecule has 7 heteroatoms. The van der Waals surface area contributed by atoms with Crippen molar-refractivity contribution in [1.29, 1.82) is 5.26 Å². The number of pyridine rings is 1. The van der Waals surface area contributed by atoms with Gasteiger partial charge in [-0.1, -0.05) is 31.2 Å². The molecule has 0 fully saturated rings. The number of aromatic amines is 1. The molecule has 2 N–H and O–H groups in total. The summed E-state index contributed by atoms with van der Waals surface area (Å²) in [5, 5.41) is 14.5. The SMILES string of the molecule is CCc1ccc(-c2csc(NC(=O)CCc3c(C)[nH]c(=O)c(C#N)c3C)n2)cc1. The van der Waals surface area contributed by atoms with Crippen LogP contribution in [-0.4, -0.2) is 15.9 Å². The van der Waals surface area contributed by atoms with Gasteiger partial charge in [0, 0.05) is 23.1 Å². The van der Waals surface area contributed by atoms with Gasteiger partial charge in [0.15, 0.2) is 5.13 Å². The van der Waals surface area contributed by atoms with Crippen LogP contribution in [0.5, 0.6) is 0 Å². The van der Waals surface area contributed by atoms with Gasteiger partial charge in [0.05, 0.1) is 5.69 Å². The molecule has 0 aliphatic heterocycles. The third-order valence-electron chi connectivity index (χ3n) is 4.93. The zero-order chi connectivity index (χ0) is 21.0. The van der Waals surface area contributed by atoms with Gasteiger partial charge in [-0.15, -0.1) is 11.3 Å². The number of rotatable bonds is 6. The summed E-state index contributed by atoms with van der Waals surface area (Å²) in [4.78, 5) is 31.4. The number of H-pyrrole nitrogens is 1. The topological polar surface area (TPSA) is 98.6 Å². The van der Waals surface area contributed by atoms with Crippen LogP contribution in [0.25, 0.3) is 11.3 Å². The predicted molar refractivity (Wildman–Crippen MR) is 115 cm³/mol. The number of nitrogens with zero attached hydrogens (tertiary/aromatic N) is 2. The smallest absolute Gasteiger partial charge is 0.266 e. The molecule has 0 saturated carbocycles. The van der Waals surface area contributed by atoms with Crippen molar-refractivity contribution in [2.75, 3.05) is 5.32 Å². The van der Waals surface area contributed by atoms with Crippen LogP contribution in [0, 0.1) is 25.2 Å². The van der Waals surface area contributed by atoms with E-state index < -0.39 is 5.56 Å². The molecule has 1 aromatic carbocycles. The number of nitriles is 1. The van der Waals surface area contributed by atoms with E-state index in [9.17, 15) is 9.59 Å². The van der Waals surface area contributed by atoms with E-state index >= 15 is 0 Å².